The lowest BCUT2D eigenvalue weighted by atomic mass is 9.72. The van der Waals surface area contributed by atoms with Crippen LogP contribution in [0.1, 0.15) is 38.3 Å². The molecule has 0 spiro atoms. The maximum absolute atomic E-state index is 12.6. The fraction of sp³-hybridized carbons (Fsp3) is 0.300. The van der Waals surface area contributed by atoms with Gasteiger partial charge in [-0.3, -0.25) is 4.79 Å². The Morgan fingerprint density at radius 2 is 2.00 bits per heavy atom. The first-order valence-electron chi connectivity index (χ1n) is 9.41. The number of carboxylic acid groups (broad SMARTS) is 1. The Labute approximate surface area is 168 Å². The van der Waals surface area contributed by atoms with Gasteiger partial charge < -0.3 is 30.5 Å². The van der Waals surface area contributed by atoms with Crippen molar-refractivity contribution in [1.29, 1.82) is 0 Å². The van der Waals surface area contributed by atoms with Crippen molar-refractivity contribution in [2.45, 2.75) is 25.3 Å². The molecular formula is C20H23BN2O6. The average molecular weight is 398 g/mol. The fourth-order valence-electron chi connectivity index (χ4n) is 3.23. The number of amides is 1. The summed E-state index contributed by atoms with van der Waals surface area (Å²) in [5.41, 5.74) is 1.96. The molecule has 9 heteroatoms. The number of rotatable bonds is 8. The summed E-state index contributed by atoms with van der Waals surface area (Å²) in [6.45, 7) is 1.37. The van der Waals surface area contributed by atoms with Gasteiger partial charge in [0, 0.05) is 18.7 Å². The summed E-state index contributed by atoms with van der Waals surface area (Å²) in [7, 11) is -1.35. The van der Waals surface area contributed by atoms with Crippen LogP contribution < -0.4 is 15.3 Å². The third kappa shape index (κ3) is 5.14. The third-order valence-corrected chi connectivity index (χ3v) is 4.70. The van der Waals surface area contributed by atoms with Crippen LogP contribution in [0.25, 0.3) is 0 Å². The number of nitrogens with one attached hydrogen (secondary N) is 2. The summed E-state index contributed by atoms with van der Waals surface area (Å²) in [6, 6.07) is 11.8. The Hall–Kier alpha value is -2.88. The number of carbonyl (C=O) groups is 2. The standard InChI is InChI=1S/C20H23BN2O6/c24-9-3-8-22-12-13-4-1-6-15(10-13)19(25)23-17-11-14-5-2-7-16(20(26)27)18(14)29-21(17)28/h1-2,4-7,10,17,22,24,28H,3,8-9,11-12H2,(H,23,25)(H,26,27)/t17-/m0/s1. The summed E-state index contributed by atoms with van der Waals surface area (Å²) >= 11 is 0. The molecule has 0 bridgehead atoms. The third-order valence-electron chi connectivity index (χ3n) is 4.70. The van der Waals surface area contributed by atoms with Crippen molar-refractivity contribution in [3.63, 3.8) is 0 Å². The average Bonchev–Trinajstić information content (AvgIpc) is 2.71. The van der Waals surface area contributed by atoms with Crippen molar-refractivity contribution in [3.05, 3.63) is 64.7 Å². The highest BCUT2D eigenvalue weighted by Crippen LogP contribution is 2.30. The monoisotopic (exact) mass is 398 g/mol. The Balaban J connectivity index is 1.67. The molecule has 1 heterocycles. The molecule has 1 aliphatic rings. The number of aromatic carboxylic acids is 1. The van der Waals surface area contributed by atoms with Crippen LogP contribution in [0.2, 0.25) is 0 Å². The number of aliphatic hydroxyl groups is 1. The number of carboxylic acids is 1. The Bertz CT molecular complexity index is 891. The molecule has 8 nitrogen and oxygen atoms in total. The lowest BCUT2D eigenvalue weighted by Crippen LogP contribution is -2.53. The topological polar surface area (TPSA) is 128 Å². The molecule has 1 amide bonds. The van der Waals surface area contributed by atoms with E-state index < -0.39 is 19.0 Å². The van der Waals surface area contributed by atoms with Crippen LogP contribution in [-0.2, 0) is 13.0 Å². The lowest BCUT2D eigenvalue weighted by Gasteiger charge is -2.28. The van der Waals surface area contributed by atoms with Crippen molar-refractivity contribution in [1.82, 2.24) is 10.6 Å². The van der Waals surface area contributed by atoms with Crippen molar-refractivity contribution in [2.24, 2.45) is 0 Å². The predicted octanol–water partition coefficient (Wildman–Crippen LogP) is 0.610. The predicted molar refractivity (Wildman–Crippen MR) is 107 cm³/mol. The summed E-state index contributed by atoms with van der Waals surface area (Å²) in [6.07, 6.45) is 0.913. The zero-order valence-electron chi connectivity index (χ0n) is 15.8. The number of benzene rings is 2. The smallest absolute Gasteiger partial charge is 0.534 e. The van der Waals surface area contributed by atoms with E-state index >= 15 is 0 Å². The quantitative estimate of drug-likeness (QED) is 0.326. The van der Waals surface area contributed by atoms with Gasteiger partial charge in [0.05, 0.1) is 11.5 Å². The van der Waals surface area contributed by atoms with E-state index in [1.54, 1.807) is 30.3 Å². The van der Waals surface area contributed by atoms with Gasteiger partial charge in [-0.15, -0.1) is 0 Å². The van der Waals surface area contributed by atoms with Crippen LogP contribution in [0.3, 0.4) is 0 Å². The zero-order valence-corrected chi connectivity index (χ0v) is 15.8. The van der Waals surface area contributed by atoms with Gasteiger partial charge in [0.1, 0.15) is 5.75 Å². The van der Waals surface area contributed by atoms with E-state index in [2.05, 4.69) is 10.6 Å². The second-order valence-electron chi connectivity index (χ2n) is 6.85. The van der Waals surface area contributed by atoms with E-state index in [0.29, 0.717) is 30.6 Å². The Morgan fingerprint density at radius 3 is 2.76 bits per heavy atom. The minimum absolute atomic E-state index is 0.0206. The molecule has 0 radical (unpaired) electrons. The molecule has 1 atom stereocenters. The number of fused-ring (bicyclic) bond motifs is 1. The van der Waals surface area contributed by atoms with Gasteiger partial charge in [0.15, 0.2) is 0 Å². The number of carbonyl (C=O) groups excluding carboxylic acids is 1. The van der Waals surface area contributed by atoms with Gasteiger partial charge in [-0.25, -0.2) is 4.79 Å². The van der Waals surface area contributed by atoms with E-state index in [1.165, 1.54) is 6.07 Å². The molecule has 0 saturated heterocycles. The highest BCUT2D eigenvalue weighted by molar-refractivity contribution is 6.47. The van der Waals surface area contributed by atoms with Crippen LogP contribution in [-0.4, -0.2) is 53.3 Å². The Morgan fingerprint density at radius 1 is 1.21 bits per heavy atom. The summed E-state index contributed by atoms with van der Waals surface area (Å²) in [4.78, 5) is 24.0. The SMILES string of the molecule is O=C(N[C@H]1Cc2cccc(C(=O)O)c2OB1O)c1cccc(CNCCCO)c1. The second kappa shape index (κ2) is 9.55. The largest absolute Gasteiger partial charge is 0.547 e. The normalized spacial score (nSPS) is 15.4. The lowest BCUT2D eigenvalue weighted by molar-refractivity contribution is 0.0693. The molecule has 1 aliphatic heterocycles. The van der Waals surface area contributed by atoms with Gasteiger partial charge >= 0.3 is 13.1 Å². The van der Waals surface area contributed by atoms with E-state index in [9.17, 15) is 19.7 Å². The fourth-order valence-corrected chi connectivity index (χ4v) is 3.23. The first-order valence-corrected chi connectivity index (χ1v) is 9.41. The van der Waals surface area contributed by atoms with Gasteiger partial charge in [0.25, 0.3) is 5.91 Å². The minimum Gasteiger partial charge on any atom is -0.534 e. The van der Waals surface area contributed by atoms with Gasteiger partial charge in [0.2, 0.25) is 0 Å². The summed E-state index contributed by atoms with van der Waals surface area (Å²) in [5.74, 6) is -2.06. The van der Waals surface area contributed by atoms with E-state index in [4.69, 9.17) is 9.76 Å². The van der Waals surface area contributed by atoms with Crippen molar-refractivity contribution in [3.8, 4) is 5.75 Å². The molecular weight excluding hydrogens is 375 g/mol. The first-order chi connectivity index (χ1) is 14.0. The molecule has 0 aliphatic carbocycles. The molecule has 0 saturated carbocycles. The van der Waals surface area contributed by atoms with Gasteiger partial charge in [-0.1, -0.05) is 24.3 Å². The van der Waals surface area contributed by atoms with Crippen molar-refractivity contribution < 1.29 is 29.5 Å². The summed E-state index contributed by atoms with van der Waals surface area (Å²) < 4.78 is 5.40. The molecule has 2 aromatic rings. The molecule has 29 heavy (non-hydrogen) atoms. The second-order valence-corrected chi connectivity index (χ2v) is 6.85. The number of hydrogen-bond donors (Lipinski definition) is 5. The summed E-state index contributed by atoms with van der Waals surface area (Å²) in [5, 5.41) is 34.3. The zero-order chi connectivity index (χ0) is 20.8. The Kier molecular flexibility index (Phi) is 6.87. The van der Waals surface area contributed by atoms with Crippen LogP contribution in [0, 0.1) is 0 Å². The number of para-hydroxylation sites is 1. The number of hydrogen-bond acceptors (Lipinski definition) is 6. The first kappa shape index (κ1) is 20.8. The molecule has 5 N–H and O–H groups in total. The molecule has 0 unspecified atom stereocenters. The van der Waals surface area contributed by atoms with Crippen molar-refractivity contribution >= 4 is 19.0 Å². The maximum atomic E-state index is 12.6. The minimum atomic E-state index is -1.35. The highest BCUT2D eigenvalue weighted by Gasteiger charge is 2.37. The molecule has 0 fully saturated rings. The molecule has 0 aromatic heterocycles. The highest BCUT2D eigenvalue weighted by atomic mass is 16.5. The maximum Gasteiger partial charge on any atom is 0.547 e. The van der Waals surface area contributed by atoms with Crippen LogP contribution in [0.5, 0.6) is 5.75 Å². The van der Waals surface area contributed by atoms with E-state index in [1.807, 2.05) is 6.07 Å². The van der Waals surface area contributed by atoms with Crippen LogP contribution in [0.4, 0.5) is 0 Å². The van der Waals surface area contributed by atoms with Crippen LogP contribution in [0.15, 0.2) is 42.5 Å². The molecule has 152 valence electrons. The molecule has 3 rings (SSSR count). The van der Waals surface area contributed by atoms with E-state index in [0.717, 1.165) is 5.56 Å². The van der Waals surface area contributed by atoms with E-state index in [-0.39, 0.29) is 30.2 Å². The molecule has 2 aromatic carbocycles. The van der Waals surface area contributed by atoms with Gasteiger partial charge in [-0.05, 0) is 48.7 Å². The number of aliphatic hydroxyl groups excluding tert-OH is 1. The van der Waals surface area contributed by atoms with Crippen molar-refractivity contribution in [2.75, 3.05) is 13.2 Å². The van der Waals surface area contributed by atoms with Crippen LogP contribution >= 0.6 is 0 Å². The van der Waals surface area contributed by atoms with Gasteiger partial charge in [-0.2, -0.15) is 0 Å².